The second-order valence-corrected chi connectivity index (χ2v) is 8.30. The van der Waals surface area contributed by atoms with E-state index in [1.807, 2.05) is 48.5 Å². The van der Waals surface area contributed by atoms with Crippen molar-refractivity contribution in [1.82, 2.24) is 20.1 Å². The monoisotopic (exact) mass is 476 g/mol. The van der Waals surface area contributed by atoms with Gasteiger partial charge < -0.3 is 25.0 Å². The summed E-state index contributed by atoms with van der Waals surface area (Å²) in [5.74, 6) is -0.940. The van der Waals surface area contributed by atoms with Gasteiger partial charge in [0.2, 0.25) is 5.91 Å². The number of nitrogens with zero attached hydrogens (tertiary/aromatic N) is 3. The third kappa shape index (κ3) is 6.13. The highest BCUT2D eigenvalue weighted by atomic mass is 16.6. The third-order valence-electron chi connectivity index (χ3n) is 5.89. The molecule has 2 N–H and O–H groups in total. The molecule has 1 atom stereocenters. The van der Waals surface area contributed by atoms with Crippen LogP contribution >= 0.6 is 0 Å². The number of hydrogen-bond donors (Lipinski definition) is 2. The van der Waals surface area contributed by atoms with E-state index in [1.165, 1.54) is 0 Å². The van der Waals surface area contributed by atoms with Gasteiger partial charge in [0.15, 0.2) is 0 Å². The van der Waals surface area contributed by atoms with Crippen molar-refractivity contribution < 1.29 is 24.2 Å². The van der Waals surface area contributed by atoms with E-state index in [-0.39, 0.29) is 18.8 Å². The number of carbonyl (C=O) groups excluding carboxylic acids is 3. The minimum atomic E-state index is -1.10. The van der Waals surface area contributed by atoms with Crippen molar-refractivity contribution in [3.05, 3.63) is 78.0 Å². The van der Waals surface area contributed by atoms with Crippen LogP contribution in [-0.2, 0) is 16.1 Å². The zero-order valence-electron chi connectivity index (χ0n) is 19.3. The highest BCUT2D eigenvalue weighted by Gasteiger charge is 2.29. The lowest BCUT2D eigenvalue weighted by Crippen LogP contribution is -2.51. The molecule has 9 heteroatoms. The Hall–Kier alpha value is -3.98. The van der Waals surface area contributed by atoms with Crippen molar-refractivity contribution in [1.29, 1.82) is 0 Å². The van der Waals surface area contributed by atoms with E-state index in [1.54, 1.807) is 28.0 Å². The van der Waals surface area contributed by atoms with E-state index in [9.17, 15) is 19.5 Å². The van der Waals surface area contributed by atoms with E-state index in [0.29, 0.717) is 31.6 Å². The number of amides is 3. The summed E-state index contributed by atoms with van der Waals surface area (Å²) in [6, 6.07) is 19.1. The summed E-state index contributed by atoms with van der Waals surface area (Å²) in [6.07, 6.45) is 0.127. The Kier molecular flexibility index (Phi) is 7.89. The Balaban J connectivity index is 1.32. The molecular weight excluding hydrogens is 448 g/mol. The Morgan fingerprint density at radius 2 is 1.63 bits per heavy atom. The van der Waals surface area contributed by atoms with Crippen LogP contribution in [0.25, 0.3) is 10.9 Å². The van der Waals surface area contributed by atoms with Crippen molar-refractivity contribution in [2.24, 2.45) is 0 Å². The van der Waals surface area contributed by atoms with E-state index in [4.69, 9.17) is 4.74 Å². The SMILES string of the molecule is O=C(N[C@@H](CO)C(=O)N1CCCN(C(=O)OCc2ccccc2)CC1)c1ccc2ccccc2n1. The first-order chi connectivity index (χ1) is 17.0. The molecule has 1 aliphatic heterocycles. The van der Waals surface area contributed by atoms with E-state index in [2.05, 4.69) is 10.3 Å². The van der Waals surface area contributed by atoms with Gasteiger partial charge in [-0.05, 0) is 24.1 Å². The van der Waals surface area contributed by atoms with Gasteiger partial charge in [-0.25, -0.2) is 9.78 Å². The van der Waals surface area contributed by atoms with Crippen molar-refractivity contribution in [2.75, 3.05) is 32.8 Å². The number of rotatable bonds is 6. The van der Waals surface area contributed by atoms with Gasteiger partial charge in [-0.15, -0.1) is 0 Å². The maximum atomic E-state index is 13.0. The summed E-state index contributed by atoms with van der Waals surface area (Å²) in [7, 11) is 0. The smallest absolute Gasteiger partial charge is 0.410 e. The van der Waals surface area contributed by atoms with Gasteiger partial charge in [-0.2, -0.15) is 0 Å². The average Bonchev–Trinajstić information content (AvgIpc) is 3.16. The van der Waals surface area contributed by atoms with E-state index < -0.39 is 30.6 Å². The number of benzene rings is 2. The fraction of sp³-hybridized carbons (Fsp3) is 0.308. The molecule has 9 nitrogen and oxygen atoms in total. The van der Waals surface area contributed by atoms with Gasteiger partial charge in [0.25, 0.3) is 5.91 Å². The molecule has 0 spiro atoms. The minimum absolute atomic E-state index is 0.165. The minimum Gasteiger partial charge on any atom is -0.445 e. The molecule has 3 aromatic rings. The number of hydrogen-bond acceptors (Lipinski definition) is 6. The number of fused-ring (bicyclic) bond motifs is 1. The van der Waals surface area contributed by atoms with Crippen molar-refractivity contribution in [3.8, 4) is 0 Å². The molecule has 0 saturated carbocycles. The molecule has 2 aromatic carbocycles. The van der Waals surface area contributed by atoms with E-state index >= 15 is 0 Å². The summed E-state index contributed by atoms with van der Waals surface area (Å²) in [5, 5.41) is 13.3. The first-order valence-corrected chi connectivity index (χ1v) is 11.6. The highest BCUT2D eigenvalue weighted by molar-refractivity contribution is 5.97. The fourth-order valence-electron chi connectivity index (χ4n) is 3.96. The van der Waals surface area contributed by atoms with Crippen LogP contribution in [0.2, 0.25) is 0 Å². The lowest BCUT2D eigenvalue weighted by molar-refractivity contribution is -0.134. The van der Waals surface area contributed by atoms with Crippen molar-refractivity contribution in [2.45, 2.75) is 19.1 Å². The van der Waals surface area contributed by atoms with Crippen molar-refractivity contribution in [3.63, 3.8) is 0 Å². The van der Waals surface area contributed by atoms with Crippen LogP contribution in [0.3, 0.4) is 0 Å². The summed E-state index contributed by atoms with van der Waals surface area (Å²) < 4.78 is 5.40. The molecule has 0 radical (unpaired) electrons. The lowest BCUT2D eigenvalue weighted by atomic mass is 10.2. The van der Waals surface area contributed by atoms with Gasteiger partial charge >= 0.3 is 6.09 Å². The summed E-state index contributed by atoms with van der Waals surface area (Å²) in [4.78, 5) is 45.7. The Morgan fingerprint density at radius 3 is 2.43 bits per heavy atom. The number of aliphatic hydroxyl groups is 1. The number of carbonyl (C=O) groups is 3. The normalized spacial score (nSPS) is 14.8. The molecule has 3 amide bonds. The fourth-order valence-corrected chi connectivity index (χ4v) is 3.96. The van der Waals surface area contributed by atoms with Crippen molar-refractivity contribution >= 4 is 28.8 Å². The van der Waals surface area contributed by atoms with Crippen LogP contribution in [0.4, 0.5) is 4.79 Å². The molecule has 35 heavy (non-hydrogen) atoms. The number of aliphatic hydroxyl groups excluding tert-OH is 1. The number of aromatic nitrogens is 1. The molecular formula is C26H28N4O5. The molecule has 1 saturated heterocycles. The van der Waals surface area contributed by atoms with Crippen LogP contribution in [-0.4, -0.2) is 76.6 Å². The Labute approximate surface area is 203 Å². The Morgan fingerprint density at radius 1 is 0.914 bits per heavy atom. The van der Waals surface area contributed by atoms with Crippen LogP contribution in [0, 0.1) is 0 Å². The van der Waals surface area contributed by atoms with Crippen LogP contribution < -0.4 is 5.32 Å². The first kappa shape index (κ1) is 24.2. The third-order valence-corrected chi connectivity index (χ3v) is 5.89. The van der Waals surface area contributed by atoms with Crippen LogP contribution in [0.5, 0.6) is 0 Å². The molecule has 0 bridgehead atoms. The van der Waals surface area contributed by atoms with Gasteiger partial charge in [-0.1, -0.05) is 54.6 Å². The standard InChI is InChI=1S/C26H28N4O5/c31-17-23(28-24(32)22-12-11-20-9-4-5-10-21(20)27-22)25(33)29-13-6-14-30(16-15-29)26(34)35-18-19-7-2-1-3-8-19/h1-5,7-12,23,31H,6,13-18H2,(H,28,32)/t23-/m0/s1. The highest BCUT2D eigenvalue weighted by Crippen LogP contribution is 2.13. The molecule has 4 rings (SSSR count). The Bertz CT molecular complexity index is 1190. The predicted molar refractivity (Wildman–Crippen MR) is 129 cm³/mol. The van der Waals surface area contributed by atoms with E-state index in [0.717, 1.165) is 10.9 Å². The molecule has 0 aliphatic carbocycles. The summed E-state index contributed by atoms with van der Waals surface area (Å²) >= 11 is 0. The molecule has 1 aliphatic rings. The lowest BCUT2D eigenvalue weighted by Gasteiger charge is -2.26. The van der Waals surface area contributed by atoms with Crippen LogP contribution in [0.15, 0.2) is 66.7 Å². The summed E-state index contributed by atoms with van der Waals surface area (Å²) in [5.41, 5.74) is 1.73. The zero-order chi connectivity index (χ0) is 24.6. The maximum absolute atomic E-state index is 13.0. The van der Waals surface area contributed by atoms with Gasteiger partial charge in [0.1, 0.15) is 18.3 Å². The molecule has 2 heterocycles. The molecule has 182 valence electrons. The number of nitrogens with one attached hydrogen (secondary N) is 1. The first-order valence-electron chi connectivity index (χ1n) is 11.6. The van der Waals surface area contributed by atoms with Gasteiger partial charge in [0.05, 0.1) is 12.1 Å². The zero-order valence-corrected chi connectivity index (χ0v) is 19.3. The molecule has 0 unspecified atom stereocenters. The summed E-state index contributed by atoms with van der Waals surface area (Å²) in [6.45, 7) is 1.08. The molecule has 1 aromatic heterocycles. The topological polar surface area (TPSA) is 112 Å². The maximum Gasteiger partial charge on any atom is 0.410 e. The molecule has 1 fully saturated rings. The van der Waals surface area contributed by atoms with Gasteiger partial charge in [-0.3, -0.25) is 9.59 Å². The number of para-hydroxylation sites is 1. The largest absolute Gasteiger partial charge is 0.445 e. The second kappa shape index (κ2) is 11.4. The van der Waals surface area contributed by atoms with Crippen LogP contribution in [0.1, 0.15) is 22.5 Å². The average molecular weight is 477 g/mol. The quantitative estimate of drug-likeness (QED) is 0.564. The predicted octanol–water partition coefficient (Wildman–Crippen LogP) is 2.20. The number of ether oxygens (including phenoxy) is 1. The number of pyridine rings is 1. The second-order valence-electron chi connectivity index (χ2n) is 8.30. The van der Waals surface area contributed by atoms with Gasteiger partial charge in [0, 0.05) is 31.6 Å².